The first-order chi connectivity index (χ1) is 7.61. The highest BCUT2D eigenvalue weighted by molar-refractivity contribution is 5.77. The molecular formula is C11H18N2O3. The Hall–Kier alpha value is -1.10. The third-order valence-electron chi connectivity index (χ3n) is 3.74. The summed E-state index contributed by atoms with van der Waals surface area (Å²) in [5.41, 5.74) is -0.146. The van der Waals surface area contributed by atoms with Crippen LogP contribution in [0.4, 0.5) is 0 Å². The van der Waals surface area contributed by atoms with Crippen LogP contribution in [-0.2, 0) is 9.59 Å². The van der Waals surface area contributed by atoms with E-state index in [4.69, 9.17) is 5.11 Å². The summed E-state index contributed by atoms with van der Waals surface area (Å²) in [6.07, 6.45) is 3.42. The summed E-state index contributed by atoms with van der Waals surface area (Å²) in [5.74, 6) is -0.842. The number of hydrogen-bond acceptors (Lipinski definition) is 3. The maximum absolute atomic E-state index is 11.5. The van der Waals surface area contributed by atoms with Crippen LogP contribution in [0.5, 0.6) is 0 Å². The van der Waals surface area contributed by atoms with Crippen LogP contribution >= 0.6 is 0 Å². The van der Waals surface area contributed by atoms with Gasteiger partial charge in [-0.05, 0) is 25.7 Å². The van der Waals surface area contributed by atoms with Crippen molar-refractivity contribution in [2.75, 3.05) is 13.1 Å². The molecule has 3 N–H and O–H groups in total. The third kappa shape index (κ3) is 2.35. The Morgan fingerprint density at radius 3 is 2.62 bits per heavy atom. The SMILES string of the molecule is O=C1CC2(CCC(C(=O)O)CC2)NCCN1. The third-order valence-corrected chi connectivity index (χ3v) is 3.74. The molecule has 1 saturated carbocycles. The van der Waals surface area contributed by atoms with E-state index in [2.05, 4.69) is 10.6 Å². The normalized spacial score (nSPS) is 35.5. The lowest BCUT2D eigenvalue weighted by Crippen LogP contribution is -2.49. The Kier molecular flexibility index (Phi) is 3.14. The average Bonchev–Trinajstić information content (AvgIpc) is 2.41. The Bertz CT molecular complexity index is 296. The van der Waals surface area contributed by atoms with Crippen LogP contribution in [-0.4, -0.2) is 35.6 Å². The maximum atomic E-state index is 11.5. The number of hydrogen-bond donors (Lipinski definition) is 3. The molecule has 16 heavy (non-hydrogen) atoms. The molecule has 5 heteroatoms. The quantitative estimate of drug-likeness (QED) is 0.593. The van der Waals surface area contributed by atoms with E-state index in [1.54, 1.807) is 0 Å². The smallest absolute Gasteiger partial charge is 0.306 e. The van der Waals surface area contributed by atoms with Crippen LogP contribution in [0, 0.1) is 5.92 Å². The number of aliphatic carboxylic acids is 1. The fraction of sp³-hybridized carbons (Fsp3) is 0.818. The van der Waals surface area contributed by atoms with Crippen LogP contribution in [0.1, 0.15) is 32.1 Å². The molecule has 1 heterocycles. The van der Waals surface area contributed by atoms with Gasteiger partial charge in [0, 0.05) is 25.0 Å². The molecule has 90 valence electrons. The molecule has 2 fully saturated rings. The summed E-state index contributed by atoms with van der Waals surface area (Å²) < 4.78 is 0. The van der Waals surface area contributed by atoms with Crippen LogP contribution in [0.15, 0.2) is 0 Å². The maximum Gasteiger partial charge on any atom is 0.306 e. The van der Waals surface area contributed by atoms with Crippen molar-refractivity contribution in [3.05, 3.63) is 0 Å². The van der Waals surface area contributed by atoms with Gasteiger partial charge < -0.3 is 15.7 Å². The zero-order chi connectivity index (χ0) is 11.6. The van der Waals surface area contributed by atoms with Gasteiger partial charge in [-0.25, -0.2) is 0 Å². The van der Waals surface area contributed by atoms with Gasteiger partial charge in [0.05, 0.1) is 5.92 Å². The molecule has 0 aromatic rings. The lowest BCUT2D eigenvalue weighted by molar-refractivity contribution is -0.143. The monoisotopic (exact) mass is 226 g/mol. The van der Waals surface area contributed by atoms with Crippen molar-refractivity contribution < 1.29 is 14.7 Å². The van der Waals surface area contributed by atoms with Gasteiger partial charge in [-0.1, -0.05) is 0 Å². The van der Waals surface area contributed by atoms with Crippen molar-refractivity contribution in [3.8, 4) is 0 Å². The summed E-state index contributed by atoms with van der Waals surface area (Å²) in [6, 6.07) is 0. The number of carbonyl (C=O) groups is 2. The highest BCUT2D eigenvalue weighted by Gasteiger charge is 2.39. The first-order valence-corrected chi connectivity index (χ1v) is 5.86. The minimum Gasteiger partial charge on any atom is -0.481 e. The summed E-state index contributed by atoms with van der Waals surface area (Å²) in [7, 11) is 0. The molecule has 0 bridgehead atoms. The fourth-order valence-corrected chi connectivity index (χ4v) is 2.73. The second kappa shape index (κ2) is 4.41. The topological polar surface area (TPSA) is 78.4 Å². The molecule has 0 unspecified atom stereocenters. The molecular weight excluding hydrogens is 208 g/mol. The molecule has 2 aliphatic rings. The molecule has 1 amide bonds. The Labute approximate surface area is 94.6 Å². The number of carbonyl (C=O) groups excluding carboxylic acids is 1. The van der Waals surface area contributed by atoms with Crippen molar-refractivity contribution in [3.63, 3.8) is 0 Å². The predicted molar refractivity (Wildman–Crippen MR) is 58.0 cm³/mol. The summed E-state index contributed by atoms with van der Waals surface area (Å²) in [4.78, 5) is 22.4. The predicted octanol–water partition coefficient (Wildman–Crippen LogP) is 0.110. The van der Waals surface area contributed by atoms with E-state index in [9.17, 15) is 9.59 Å². The van der Waals surface area contributed by atoms with Gasteiger partial charge in [0.25, 0.3) is 0 Å². The standard InChI is InChI=1S/C11H18N2O3/c14-9-7-11(13-6-5-12-9)3-1-8(2-4-11)10(15)16/h8,13H,1-7H2,(H,12,14)(H,15,16). The molecule has 2 rings (SSSR count). The molecule has 0 aromatic heterocycles. The lowest BCUT2D eigenvalue weighted by atomic mass is 9.74. The molecule has 1 aliphatic heterocycles. The number of rotatable bonds is 1. The molecule has 0 atom stereocenters. The van der Waals surface area contributed by atoms with E-state index < -0.39 is 5.97 Å². The molecule has 0 radical (unpaired) electrons. The first kappa shape index (κ1) is 11.4. The summed E-state index contributed by atoms with van der Waals surface area (Å²) in [5, 5.41) is 15.2. The van der Waals surface area contributed by atoms with Gasteiger partial charge in [-0.3, -0.25) is 9.59 Å². The van der Waals surface area contributed by atoms with Crippen molar-refractivity contribution in [2.24, 2.45) is 5.92 Å². The van der Waals surface area contributed by atoms with Gasteiger partial charge in [0.15, 0.2) is 0 Å². The second-order valence-corrected chi connectivity index (χ2v) is 4.85. The van der Waals surface area contributed by atoms with Gasteiger partial charge in [-0.2, -0.15) is 0 Å². The van der Waals surface area contributed by atoms with Crippen molar-refractivity contribution in [1.82, 2.24) is 10.6 Å². The average molecular weight is 226 g/mol. The van der Waals surface area contributed by atoms with Crippen LogP contribution in [0.25, 0.3) is 0 Å². The number of carboxylic acid groups (broad SMARTS) is 1. The van der Waals surface area contributed by atoms with Gasteiger partial charge in [0.1, 0.15) is 0 Å². The van der Waals surface area contributed by atoms with E-state index in [1.165, 1.54) is 0 Å². The second-order valence-electron chi connectivity index (χ2n) is 4.85. The highest BCUT2D eigenvalue weighted by Crippen LogP contribution is 2.35. The lowest BCUT2D eigenvalue weighted by Gasteiger charge is -2.38. The Morgan fingerprint density at radius 1 is 1.31 bits per heavy atom. The van der Waals surface area contributed by atoms with Gasteiger partial charge in [-0.15, -0.1) is 0 Å². The van der Waals surface area contributed by atoms with E-state index in [1.807, 2.05) is 0 Å². The Balaban J connectivity index is 1.99. The van der Waals surface area contributed by atoms with Crippen molar-refractivity contribution >= 4 is 11.9 Å². The minimum atomic E-state index is -0.701. The first-order valence-electron chi connectivity index (χ1n) is 5.86. The largest absolute Gasteiger partial charge is 0.481 e. The molecule has 1 spiro atoms. The summed E-state index contributed by atoms with van der Waals surface area (Å²) in [6.45, 7) is 1.45. The minimum absolute atomic E-state index is 0.0822. The van der Waals surface area contributed by atoms with Crippen LogP contribution < -0.4 is 10.6 Å². The zero-order valence-corrected chi connectivity index (χ0v) is 9.29. The number of amides is 1. The molecule has 1 saturated heterocycles. The van der Waals surface area contributed by atoms with E-state index in [-0.39, 0.29) is 17.4 Å². The van der Waals surface area contributed by atoms with Crippen LogP contribution in [0.3, 0.4) is 0 Å². The molecule has 1 aliphatic carbocycles. The van der Waals surface area contributed by atoms with E-state index >= 15 is 0 Å². The Morgan fingerprint density at radius 2 is 2.00 bits per heavy atom. The van der Waals surface area contributed by atoms with Gasteiger partial charge in [0.2, 0.25) is 5.91 Å². The van der Waals surface area contributed by atoms with Crippen LogP contribution in [0.2, 0.25) is 0 Å². The van der Waals surface area contributed by atoms with Gasteiger partial charge >= 0.3 is 5.97 Å². The van der Waals surface area contributed by atoms with Crippen molar-refractivity contribution in [2.45, 2.75) is 37.6 Å². The molecule has 5 nitrogen and oxygen atoms in total. The van der Waals surface area contributed by atoms with E-state index in [0.29, 0.717) is 25.8 Å². The summed E-state index contributed by atoms with van der Waals surface area (Å²) >= 11 is 0. The van der Waals surface area contributed by atoms with E-state index in [0.717, 1.165) is 19.4 Å². The zero-order valence-electron chi connectivity index (χ0n) is 9.29. The fourth-order valence-electron chi connectivity index (χ4n) is 2.73. The molecule has 0 aromatic carbocycles. The highest BCUT2D eigenvalue weighted by atomic mass is 16.4. The van der Waals surface area contributed by atoms with Crippen molar-refractivity contribution in [1.29, 1.82) is 0 Å². The number of nitrogens with one attached hydrogen (secondary N) is 2. The number of carboxylic acids is 1.